The summed E-state index contributed by atoms with van der Waals surface area (Å²) in [6, 6.07) is 25.1. The number of nitrogens with zero attached hydrogens (tertiary/aromatic N) is 2. The first-order chi connectivity index (χ1) is 16.6. The summed E-state index contributed by atoms with van der Waals surface area (Å²) in [4.78, 5) is 9.68. The van der Waals surface area contributed by atoms with E-state index in [4.69, 9.17) is 21.4 Å². The fourth-order valence-electron chi connectivity index (χ4n) is 4.09. The van der Waals surface area contributed by atoms with Gasteiger partial charge >= 0.3 is 0 Å². The normalized spacial score (nSPS) is 12.4. The highest BCUT2D eigenvalue weighted by atomic mass is 127. The van der Waals surface area contributed by atoms with E-state index in [2.05, 4.69) is 95.4 Å². The van der Waals surface area contributed by atoms with Gasteiger partial charge in [-0.3, -0.25) is 0 Å². The fraction of sp³-hybridized carbons (Fsp3) is 0.241. The van der Waals surface area contributed by atoms with E-state index in [0.29, 0.717) is 5.82 Å². The second-order valence-corrected chi connectivity index (χ2v) is 9.79. The first kappa shape index (κ1) is 24.5. The molecule has 4 rings (SSSR count). The third-order valence-electron chi connectivity index (χ3n) is 5.97. The maximum Gasteiger partial charge on any atom is 0.152 e. The number of benzene rings is 3. The highest BCUT2D eigenvalue weighted by Crippen LogP contribution is 2.26. The van der Waals surface area contributed by atoms with Crippen molar-refractivity contribution in [3.63, 3.8) is 0 Å². The molecule has 4 aromatic rings. The minimum absolute atomic E-state index is 0.112. The summed E-state index contributed by atoms with van der Waals surface area (Å²) in [6.45, 7) is 0.756. The Hall–Kier alpha value is -2.61. The molecule has 0 saturated heterocycles. The number of nitrogens with two attached hydrogens (primary N) is 2. The van der Waals surface area contributed by atoms with Gasteiger partial charge in [0.1, 0.15) is 0 Å². The number of fused-ring (bicyclic) bond motifs is 1. The molecule has 0 radical (unpaired) electrons. The van der Waals surface area contributed by atoms with Crippen LogP contribution >= 0.6 is 22.6 Å². The lowest BCUT2D eigenvalue weighted by molar-refractivity contribution is 0.554. The van der Waals surface area contributed by atoms with Gasteiger partial charge in [-0.2, -0.15) is 0 Å². The monoisotopic (exact) mass is 562 g/mol. The predicted octanol–water partition coefficient (Wildman–Crippen LogP) is 6.98. The molecule has 1 aromatic heterocycles. The van der Waals surface area contributed by atoms with Crippen molar-refractivity contribution in [2.24, 2.45) is 11.5 Å². The molecule has 0 aliphatic rings. The van der Waals surface area contributed by atoms with E-state index in [1.807, 2.05) is 12.1 Å². The number of unbranched alkanes of at least 4 members (excludes halogenated alkanes) is 3. The molecule has 1 atom stereocenters. The van der Waals surface area contributed by atoms with Gasteiger partial charge in [-0.1, -0.05) is 79.9 Å². The van der Waals surface area contributed by atoms with Gasteiger partial charge in [0.15, 0.2) is 5.82 Å². The van der Waals surface area contributed by atoms with Crippen LogP contribution in [-0.2, 0) is 0 Å². The summed E-state index contributed by atoms with van der Waals surface area (Å²) >= 11 is 2.33. The van der Waals surface area contributed by atoms with E-state index < -0.39 is 0 Å². The molecule has 0 aliphatic carbocycles. The molecule has 0 fully saturated rings. The first-order valence-corrected chi connectivity index (χ1v) is 13.0. The highest BCUT2D eigenvalue weighted by molar-refractivity contribution is 14.1. The summed E-state index contributed by atoms with van der Waals surface area (Å²) in [7, 11) is 0. The van der Waals surface area contributed by atoms with Crippen molar-refractivity contribution in [3.8, 4) is 11.1 Å². The molecule has 4 nitrogen and oxygen atoms in total. The summed E-state index contributed by atoms with van der Waals surface area (Å²) in [5.74, 6) is 0.689. The van der Waals surface area contributed by atoms with Gasteiger partial charge in [0.2, 0.25) is 0 Å². The molecule has 0 saturated carbocycles. The van der Waals surface area contributed by atoms with Gasteiger partial charge < -0.3 is 11.5 Å². The average Bonchev–Trinajstić information content (AvgIpc) is 2.87. The second kappa shape index (κ2) is 12.2. The second-order valence-electron chi connectivity index (χ2n) is 8.55. The van der Waals surface area contributed by atoms with E-state index >= 15 is 0 Å². The SMILES string of the molecule is NCCCCCCC(N)c1nc(/C=C/c2ccc(-c3ccccc3)cc2)nc2ccc(I)cc12. The lowest BCUT2D eigenvalue weighted by atomic mass is 10.0. The smallest absolute Gasteiger partial charge is 0.152 e. The van der Waals surface area contributed by atoms with Crippen LogP contribution in [0.2, 0.25) is 0 Å². The maximum atomic E-state index is 6.63. The third-order valence-corrected chi connectivity index (χ3v) is 6.64. The topological polar surface area (TPSA) is 77.8 Å². The van der Waals surface area contributed by atoms with E-state index in [9.17, 15) is 0 Å². The van der Waals surface area contributed by atoms with Gasteiger partial charge in [0.05, 0.1) is 11.2 Å². The molecule has 0 amide bonds. The van der Waals surface area contributed by atoms with Gasteiger partial charge in [0, 0.05) is 15.0 Å². The standard InChI is InChI=1S/C29H31IN4/c30-24-16-17-27-25(20-24)29(26(32)10-6-1-2-7-19-31)34-28(33-27)18-13-21-11-14-23(15-12-21)22-8-4-3-5-9-22/h3-5,8-9,11-18,20,26H,1-2,6-7,10,19,31-32H2/b18-13+. The number of hydrogen-bond donors (Lipinski definition) is 2. The molecule has 1 unspecified atom stereocenters. The van der Waals surface area contributed by atoms with Crippen molar-refractivity contribution < 1.29 is 0 Å². The maximum absolute atomic E-state index is 6.63. The average molecular weight is 562 g/mol. The molecular formula is C29H31IN4. The summed E-state index contributed by atoms with van der Waals surface area (Å²) in [6.07, 6.45) is 9.41. The summed E-state index contributed by atoms with van der Waals surface area (Å²) < 4.78 is 1.16. The van der Waals surface area contributed by atoms with Crippen LogP contribution in [0.4, 0.5) is 0 Å². The molecule has 4 N–H and O–H groups in total. The minimum Gasteiger partial charge on any atom is -0.330 e. The van der Waals surface area contributed by atoms with Crippen molar-refractivity contribution in [2.75, 3.05) is 6.54 Å². The molecule has 3 aromatic carbocycles. The van der Waals surface area contributed by atoms with Crippen LogP contribution in [0.15, 0.2) is 72.8 Å². The van der Waals surface area contributed by atoms with Crippen LogP contribution in [-0.4, -0.2) is 16.5 Å². The lowest BCUT2D eigenvalue weighted by Crippen LogP contribution is -2.14. The van der Waals surface area contributed by atoms with Crippen LogP contribution in [0, 0.1) is 3.57 Å². The van der Waals surface area contributed by atoms with Crippen molar-refractivity contribution in [2.45, 2.75) is 38.1 Å². The van der Waals surface area contributed by atoms with Crippen LogP contribution in [0.1, 0.15) is 55.2 Å². The van der Waals surface area contributed by atoms with Crippen molar-refractivity contribution in [3.05, 3.63) is 93.4 Å². The van der Waals surface area contributed by atoms with Crippen LogP contribution in [0.3, 0.4) is 0 Å². The zero-order chi connectivity index (χ0) is 23.8. The van der Waals surface area contributed by atoms with E-state index in [1.165, 1.54) is 11.1 Å². The number of rotatable bonds is 10. The van der Waals surface area contributed by atoms with Crippen LogP contribution in [0.25, 0.3) is 34.2 Å². The minimum atomic E-state index is -0.112. The molecule has 0 aliphatic heterocycles. The first-order valence-electron chi connectivity index (χ1n) is 11.9. The molecule has 5 heteroatoms. The van der Waals surface area contributed by atoms with Gasteiger partial charge in [-0.15, -0.1) is 0 Å². The molecular weight excluding hydrogens is 531 g/mol. The molecule has 0 spiro atoms. The Balaban J connectivity index is 1.55. The molecule has 1 heterocycles. The lowest BCUT2D eigenvalue weighted by Gasteiger charge is -2.14. The van der Waals surface area contributed by atoms with Crippen LogP contribution < -0.4 is 11.5 Å². The van der Waals surface area contributed by atoms with E-state index in [1.54, 1.807) is 0 Å². The van der Waals surface area contributed by atoms with Crippen LogP contribution in [0.5, 0.6) is 0 Å². The summed E-state index contributed by atoms with van der Waals surface area (Å²) in [5.41, 5.74) is 17.6. The quantitative estimate of drug-likeness (QED) is 0.162. The van der Waals surface area contributed by atoms with Crippen molar-refractivity contribution >= 4 is 45.6 Å². The Bertz CT molecular complexity index is 1240. The molecule has 174 valence electrons. The van der Waals surface area contributed by atoms with Gasteiger partial charge in [-0.05, 0) is 82.9 Å². The Kier molecular flexibility index (Phi) is 8.79. The van der Waals surface area contributed by atoms with Gasteiger partial charge in [-0.25, -0.2) is 9.97 Å². The van der Waals surface area contributed by atoms with Crippen molar-refractivity contribution in [1.29, 1.82) is 0 Å². The third kappa shape index (κ3) is 6.50. The molecule has 34 heavy (non-hydrogen) atoms. The Morgan fingerprint density at radius 3 is 2.29 bits per heavy atom. The largest absolute Gasteiger partial charge is 0.330 e. The zero-order valence-electron chi connectivity index (χ0n) is 19.3. The zero-order valence-corrected chi connectivity index (χ0v) is 21.5. The highest BCUT2D eigenvalue weighted by Gasteiger charge is 2.14. The summed E-state index contributed by atoms with van der Waals surface area (Å²) in [5, 5.41) is 1.05. The van der Waals surface area contributed by atoms with E-state index in [-0.39, 0.29) is 6.04 Å². The van der Waals surface area contributed by atoms with Crippen molar-refractivity contribution in [1.82, 2.24) is 9.97 Å². The number of aromatic nitrogens is 2. The molecule has 0 bridgehead atoms. The number of halogens is 1. The Morgan fingerprint density at radius 2 is 1.53 bits per heavy atom. The Labute approximate surface area is 215 Å². The predicted molar refractivity (Wildman–Crippen MR) is 152 cm³/mol. The van der Waals surface area contributed by atoms with E-state index in [0.717, 1.165) is 64.4 Å². The fourth-order valence-corrected chi connectivity index (χ4v) is 4.58. The van der Waals surface area contributed by atoms with Gasteiger partial charge in [0.25, 0.3) is 0 Å². The Morgan fingerprint density at radius 1 is 0.794 bits per heavy atom. The number of hydrogen-bond acceptors (Lipinski definition) is 4.